The van der Waals surface area contributed by atoms with Crippen LogP contribution in [0.3, 0.4) is 0 Å². The van der Waals surface area contributed by atoms with Crippen LogP contribution in [0.2, 0.25) is 0 Å². The highest BCUT2D eigenvalue weighted by molar-refractivity contribution is 5.37. The topological polar surface area (TPSA) is 76.3 Å². The smallest absolute Gasteiger partial charge is 0.291 e. The summed E-state index contributed by atoms with van der Waals surface area (Å²) in [6.45, 7) is 5.45. The van der Waals surface area contributed by atoms with Gasteiger partial charge in [-0.25, -0.2) is 0 Å². The van der Waals surface area contributed by atoms with E-state index in [-0.39, 0.29) is 17.5 Å². The van der Waals surface area contributed by atoms with Gasteiger partial charge in [-0.1, -0.05) is 13.8 Å². The van der Waals surface area contributed by atoms with Crippen LogP contribution in [0.5, 0.6) is 0 Å². The molecule has 0 aliphatic rings. The molecule has 0 saturated heterocycles. The van der Waals surface area contributed by atoms with Crippen LogP contribution in [-0.4, -0.2) is 21.1 Å². The minimum Gasteiger partial charge on any atom is -0.393 e. The Labute approximate surface area is 94.3 Å². The van der Waals surface area contributed by atoms with E-state index < -0.39 is 11.0 Å². The standard InChI is InChI=1S/C11H16N2O3/c1-7(2)10(8(3)14)11-9(13(15)16)5-4-6-12-11/h4-8,10,14H,1-3H3. The molecule has 2 atom stereocenters. The fourth-order valence-corrected chi connectivity index (χ4v) is 1.92. The van der Waals surface area contributed by atoms with Crippen molar-refractivity contribution in [3.63, 3.8) is 0 Å². The molecule has 5 nitrogen and oxygen atoms in total. The van der Waals surface area contributed by atoms with Gasteiger partial charge in [0.15, 0.2) is 0 Å². The largest absolute Gasteiger partial charge is 0.393 e. The maximum Gasteiger partial charge on any atom is 0.291 e. The van der Waals surface area contributed by atoms with Gasteiger partial charge in [0.05, 0.1) is 11.0 Å². The third kappa shape index (κ3) is 2.55. The normalized spacial score (nSPS) is 14.8. The Morgan fingerprint density at radius 3 is 2.50 bits per heavy atom. The second-order valence-corrected chi connectivity index (χ2v) is 4.18. The molecule has 2 unspecified atom stereocenters. The summed E-state index contributed by atoms with van der Waals surface area (Å²) in [4.78, 5) is 14.4. The lowest BCUT2D eigenvalue weighted by Gasteiger charge is -2.22. The van der Waals surface area contributed by atoms with Gasteiger partial charge in [-0.15, -0.1) is 0 Å². The van der Waals surface area contributed by atoms with E-state index in [4.69, 9.17) is 0 Å². The third-order valence-corrected chi connectivity index (χ3v) is 2.57. The second-order valence-electron chi connectivity index (χ2n) is 4.18. The summed E-state index contributed by atoms with van der Waals surface area (Å²) in [6.07, 6.45) is 0.855. The molecule has 1 N–H and O–H groups in total. The van der Waals surface area contributed by atoms with Crippen LogP contribution < -0.4 is 0 Å². The van der Waals surface area contributed by atoms with Crippen molar-refractivity contribution in [2.75, 3.05) is 0 Å². The average molecular weight is 224 g/mol. The van der Waals surface area contributed by atoms with Crippen molar-refractivity contribution >= 4 is 5.69 Å². The molecule has 0 amide bonds. The number of pyridine rings is 1. The van der Waals surface area contributed by atoms with Crippen LogP contribution in [0.1, 0.15) is 32.4 Å². The van der Waals surface area contributed by atoms with Crippen molar-refractivity contribution in [3.8, 4) is 0 Å². The van der Waals surface area contributed by atoms with E-state index in [2.05, 4.69) is 4.98 Å². The Morgan fingerprint density at radius 2 is 2.06 bits per heavy atom. The van der Waals surface area contributed by atoms with Crippen LogP contribution in [0.4, 0.5) is 5.69 Å². The molecule has 5 heteroatoms. The molecule has 0 spiro atoms. The van der Waals surface area contributed by atoms with Gasteiger partial charge in [0.25, 0.3) is 5.69 Å². The van der Waals surface area contributed by atoms with Gasteiger partial charge < -0.3 is 5.11 Å². The van der Waals surface area contributed by atoms with Gasteiger partial charge in [0.2, 0.25) is 0 Å². The quantitative estimate of drug-likeness (QED) is 0.627. The predicted molar refractivity (Wildman–Crippen MR) is 60.2 cm³/mol. The van der Waals surface area contributed by atoms with Crippen LogP contribution in [0.25, 0.3) is 0 Å². The summed E-state index contributed by atoms with van der Waals surface area (Å²) in [5.74, 6) is -0.227. The van der Waals surface area contributed by atoms with E-state index in [1.807, 2.05) is 13.8 Å². The molecule has 1 aromatic rings. The molecule has 1 heterocycles. The van der Waals surface area contributed by atoms with E-state index in [0.29, 0.717) is 5.69 Å². The first-order valence-electron chi connectivity index (χ1n) is 5.22. The van der Waals surface area contributed by atoms with E-state index in [9.17, 15) is 15.2 Å². The number of rotatable bonds is 4. The summed E-state index contributed by atoms with van der Waals surface area (Å²) in [5, 5.41) is 20.5. The first kappa shape index (κ1) is 12.6. The Bertz CT molecular complexity index is 369. The lowest BCUT2D eigenvalue weighted by Crippen LogP contribution is -2.22. The maximum atomic E-state index is 10.9. The van der Waals surface area contributed by atoms with Gasteiger partial charge in [-0.3, -0.25) is 15.1 Å². The molecule has 0 bridgehead atoms. The highest BCUT2D eigenvalue weighted by atomic mass is 16.6. The lowest BCUT2D eigenvalue weighted by atomic mass is 9.87. The molecule has 0 saturated carbocycles. The van der Waals surface area contributed by atoms with Crippen LogP contribution >= 0.6 is 0 Å². The van der Waals surface area contributed by atoms with Gasteiger partial charge in [-0.2, -0.15) is 0 Å². The van der Waals surface area contributed by atoms with Crippen LogP contribution in [0.15, 0.2) is 18.3 Å². The van der Waals surface area contributed by atoms with E-state index in [0.717, 1.165) is 0 Å². The zero-order valence-electron chi connectivity index (χ0n) is 9.62. The molecule has 88 valence electrons. The molecule has 1 aromatic heterocycles. The Hall–Kier alpha value is -1.49. The molecular weight excluding hydrogens is 208 g/mol. The number of nitro groups is 1. The van der Waals surface area contributed by atoms with Crippen molar-refractivity contribution in [1.29, 1.82) is 0 Å². The number of aliphatic hydroxyl groups excluding tert-OH is 1. The number of aliphatic hydroxyl groups is 1. The van der Waals surface area contributed by atoms with Gasteiger partial charge >= 0.3 is 0 Å². The van der Waals surface area contributed by atoms with Crippen LogP contribution in [0, 0.1) is 16.0 Å². The minimum absolute atomic E-state index is 0.0258. The summed E-state index contributed by atoms with van der Waals surface area (Å²) < 4.78 is 0. The highest BCUT2D eigenvalue weighted by Gasteiger charge is 2.29. The van der Waals surface area contributed by atoms with E-state index in [1.165, 1.54) is 18.3 Å². The minimum atomic E-state index is -0.659. The molecule has 0 radical (unpaired) electrons. The lowest BCUT2D eigenvalue weighted by molar-refractivity contribution is -0.386. The number of aromatic nitrogens is 1. The number of hydrogen-bond donors (Lipinski definition) is 1. The summed E-state index contributed by atoms with van der Waals surface area (Å²) in [6, 6.07) is 2.95. The zero-order valence-corrected chi connectivity index (χ0v) is 9.62. The Morgan fingerprint density at radius 1 is 1.44 bits per heavy atom. The number of nitrogens with zero attached hydrogens (tertiary/aromatic N) is 2. The first-order valence-corrected chi connectivity index (χ1v) is 5.22. The predicted octanol–water partition coefficient (Wildman–Crippen LogP) is 2.11. The monoisotopic (exact) mass is 224 g/mol. The van der Waals surface area contributed by atoms with Crippen molar-refractivity contribution in [3.05, 3.63) is 34.1 Å². The summed E-state index contributed by atoms with van der Waals surface area (Å²) in [5.41, 5.74) is 0.333. The highest BCUT2D eigenvalue weighted by Crippen LogP contribution is 2.32. The van der Waals surface area contributed by atoms with Crippen molar-refractivity contribution in [2.45, 2.75) is 32.8 Å². The van der Waals surface area contributed by atoms with Crippen molar-refractivity contribution in [2.24, 2.45) is 5.92 Å². The summed E-state index contributed by atoms with van der Waals surface area (Å²) in [7, 11) is 0. The second kappa shape index (κ2) is 5.03. The zero-order chi connectivity index (χ0) is 12.3. The van der Waals surface area contributed by atoms with Gasteiger partial charge in [0, 0.05) is 18.2 Å². The molecule has 0 aromatic carbocycles. The third-order valence-electron chi connectivity index (χ3n) is 2.57. The van der Waals surface area contributed by atoms with Crippen molar-refractivity contribution < 1.29 is 10.0 Å². The van der Waals surface area contributed by atoms with Crippen molar-refractivity contribution in [1.82, 2.24) is 4.98 Å². The first-order chi connectivity index (χ1) is 7.45. The Balaban J connectivity index is 3.23. The molecular formula is C11H16N2O3. The molecule has 1 rings (SSSR count). The molecule has 0 fully saturated rings. The SMILES string of the molecule is CC(C)C(c1ncccc1[N+](=O)[O-])C(C)O. The molecule has 0 aliphatic heterocycles. The fraction of sp³-hybridized carbons (Fsp3) is 0.545. The molecule has 16 heavy (non-hydrogen) atoms. The van der Waals surface area contributed by atoms with Crippen LogP contribution in [-0.2, 0) is 0 Å². The maximum absolute atomic E-state index is 10.9. The average Bonchev–Trinajstić information content (AvgIpc) is 2.17. The Kier molecular flexibility index (Phi) is 3.95. The molecule has 0 aliphatic carbocycles. The van der Waals surface area contributed by atoms with E-state index in [1.54, 1.807) is 6.92 Å². The fourth-order valence-electron chi connectivity index (χ4n) is 1.92. The van der Waals surface area contributed by atoms with Gasteiger partial charge in [0.1, 0.15) is 5.69 Å². The number of hydrogen-bond acceptors (Lipinski definition) is 4. The van der Waals surface area contributed by atoms with E-state index >= 15 is 0 Å². The summed E-state index contributed by atoms with van der Waals surface area (Å²) >= 11 is 0. The van der Waals surface area contributed by atoms with Gasteiger partial charge in [-0.05, 0) is 18.9 Å².